The van der Waals surface area contributed by atoms with Gasteiger partial charge in [0.2, 0.25) is 5.91 Å². The standard InChI is InChI=1S/C14H21BrN2O/c1-10-4-5-13(15)8-12(10)9-17(3)14(18)11(2)6-7-16/h4-5,8,11H,6-7,9,16H2,1-3H3. The first-order valence-electron chi connectivity index (χ1n) is 6.15. The second-order valence-electron chi connectivity index (χ2n) is 4.74. The van der Waals surface area contributed by atoms with Gasteiger partial charge in [-0.05, 0) is 43.1 Å². The Hall–Kier alpha value is -0.870. The molecule has 1 aromatic carbocycles. The summed E-state index contributed by atoms with van der Waals surface area (Å²) >= 11 is 3.46. The Morgan fingerprint density at radius 3 is 2.78 bits per heavy atom. The quantitative estimate of drug-likeness (QED) is 0.908. The Morgan fingerprint density at radius 2 is 2.17 bits per heavy atom. The molecule has 1 aromatic rings. The molecule has 0 aliphatic heterocycles. The van der Waals surface area contributed by atoms with Crippen molar-refractivity contribution in [3.63, 3.8) is 0 Å². The van der Waals surface area contributed by atoms with Crippen molar-refractivity contribution in [2.45, 2.75) is 26.8 Å². The zero-order valence-electron chi connectivity index (χ0n) is 11.2. The summed E-state index contributed by atoms with van der Waals surface area (Å²) in [5, 5.41) is 0. The van der Waals surface area contributed by atoms with Crippen molar-refractivity contribution in [1.82, 2.24) is 4.90 Å². The molecule has 3 nitrogen and oxygen atoms in total. The second kappa shape index (κ2) is 6.90. The smallest absolute Gasteiger partial charge is 0.225 e. The summed E-state index contributed by atoms with van der Waals surface area (Å²) in [5.41, 5.74) is 7.85. The number of aryl methyl sites for hydroxylation is 1. The molecule has 0 aromatic heterocycles. The van der Waals surface area contributed by atoms with Crippen LogP contribution in [0, 0.1) is 12.8 Å². The average molecular weight is 313 g/mol. The highest BCUT2D eigenvalue weighted by Gasteiger charge is 2.17. The summed E-state index contributed by atoms with van der Waals surface area (Å²) in [6, 6.07) is 6.13. The van der Waals surface area contributed by atoms with Crippen LogP contribution in [0.25, 0.3) is 0 Å². The number of amides is 1. The van der Waals surface area contributed by atoms with Gasteiger partial charge in [0.1, 0.15) is 0 Å². The molecule has 4 heteroatoms. The Balaban J connectivity index is 2.72. The van der Waals surface area contributed by atoms with E-state index in [1.807, 2.05) is 20.0 Å². The molecule has 1 atom stereocenters. The summed E-state index contributed by atoms with van der Waals surface area (Å²) < 4.78 is 1.04. The largest absolute Gasteiger partial charge is 0.341 e. The summed E-state index contributed by atoms with van der Waals surface area (Å²) in [6.45, 7) is 5.18. The van der Waals surface area contributed by atoms with Crippen LogP contribution in [-0.2, 0) is 11.3 Å². The number of rotatable bonds is 5. The van der Waals surface area contributed by atoms with E-state index < -0.39 is 0 Å². The van der Waals surface area contributed by atoms with Gasteiger partial charge in [-0.3, -0.25) is 4.79 Å². The van der Waals surface area contributed by atoms with Crippen molar-refractivity contribution in [2.24, 2.45) is 11.7 Å². The van der Waals surface area contributed by atoms with Gasteiger partial charge in [0.05, 0.1) is 0 Å². The van der Waals surface area contributed by atoms with E-state index in [9.17, 15) is 4.79 Å². The van der Waals surface area contributed by atoms with Crippen molar-refractivity contribution >= 4 is 21.8 Å². The summed E-state index contributed by atoms with van der Waals surface area (Å²) in [5.74, 6) is 0.146. The fraction of sp³-hybridized carbons (Fsp3) is 0.500. The number of nitrogens with two attached hydrogens (primary N) is 1. The van der Waals surface area contributed by atoms with Gasteiger partial charge in [0.15, 0.2) is 0 Å². The van der Waals surface area contributed by atoms with Gasteiger partial charge >= 0.3 is 0 Å². The van der Waals surface area contributed by atoms with Gasteiger partial charge in [-0.25, -0.2) is 0 Å². The van der Waals surface area contributed by atoms with Gasteiger partial charge in [-0.1, -0.05) is 28.9 Å². The average Bonchev–Trinajstić information content (AvgIpc) is 2.33. The van der Waals surface area contributed by atoms with Crippen LogP contribution in [0.15, 0.2) is 22.7 Å². The van der Waals surface area contributed by atoms with Crippen LogP contribution in [0.5, 0.6) is 0 Å². The van der Waals surface area contributed by atoms with E-state index in [0.717, 1.165) is 10.9 Å². The molecule has 0 spiro atoms. The first-order chi connectivity index (χ1) is 8.45. The number of hydrogen-bond donors (Lipinski definition) is 1. The monoisotopic (exact) mass is 312 g/mol. The lowest BCUT2D eigenvalue weighted by molar-refractivity contribution is -0.134. The zero-order valence-corrected chi connectivity index (χ0v) is 12.8. The Morgan fingerprint density at radius 1 is 1.50 bits per heavy atom. The fourth-order valence-electron chi connectivity index (χ4n) is 1.89. The Labute approximate surface area is 117 Å². The minimum absolute atomic E-state index is 0.00698. The molecule has 1 unspecified atom stereocenters. The van der Waals surface area contributed by atoms with Crippen LogP contribution >= 0.6 is 15.9 Å². The van der Waals surface area contributed by atoms with E-state index in [-0.39, 0.29) is 11.8 Å². The molecule has 0 fully saturated rings. The predicted molar refractivity (Wildman–Crippen MR) is 78.2 cm³/mol. The molecule has 100 valence electrons. The van der Waals surface area contributed by atoms with Crippen molar-refractivity contribution in [3.05, 3.63) is 33.8 Å². The summed E-state index contributed by atoms with van der Waals surface area (Å²) in [6.07, 6.45) is 0.737. The van der Waals surface area contributed by atoms with E-state index >= 15 is 0 Å². The topological polar surface area (TPSA) is 46.3 Å². The van der Waals surface area contributed by atoms with E-state index in [0.29, 0.717) is 13.1 Å². The first-order valence-corrected chi connectivity index (χ1v) is 6.95. The fourth-order valence-corrected chi connectivity index (χ4v) is 2.30. The van der Waals surface area contributed by atoms with Crippen molar-refractivity contribution in [1.29, 1.82) is 0 Å². The number of nitrogens with zero attached hydrogens (tertiary/aromatic N) is 1. The highest BCUT2D eigenvalue weighted by atomic mass is 79.9. The number of hydrogen-bond acceptors (Lipinski definition) is 2. The lowest BCUT2D eigenvalue weighted by atomic mass is 10.1. The molecule has 0 heterocycles. The maximum absolute atomic E-state index is 12.1. The van der Waals surface area contributed by atoms with Gasteiger partial charge in [0, 0.05) is 24.0 Å². The molecule has 0 bridgehead atoms. The maximum Gasteiger partial charge on any atom is 0.225 e. The highest BCUT2D eigenvalue weighted by molar-refractivity contribution is 9.10. The number of carbonyl (C=O) groups excluding carboxylic acids is 1. The number of carbonyl (C=O) groups is 1. The van der Waals surface area contributed by atoms with E-state index in [4.69, 9.17) is 5.73 Å². The summed E-state index contributed by atoms with van der Waals surface area (Å²) in [7, 11) is 1.84. The van der Waals surface area contributed by atoms with Gasteiger partial charge in [0.25, 0.3) is 0 Å². The molecule has 1 amide bonds. The molecule has 2 N–H and O–H groups in total. The lowest BCUT2D eigenvalue weighted by Crippen LogP contribution is -2.32. The number of halogens is 1. The van der Waals surface area contributed by atoms with Gasteiger partial charge in [-0.2, -0.15) is 0 Å². The third kappa shape index (κ3) is 4.10. The van der Waals surface area contributed by atoms with Gasteiger partial charge < -0.3 is 10.6 Å². The predicted octanol–water partition coefficient (Wildman–Crippen LogP) is 2.70. The minimum atomic E-state index is -0.00698. The maximum atomic E-state index is 12.1. The molecule has 0 aliphatic rings. The molecule has 0 saturated heterocycles. The third-order valence-electron chi connectivity index (χ3n) is 3.12. The van der Waals surface area contributed by atoms with Crippen LogP contribution in [-0.4, -0.2) is 24.4 Å². The molecule has 0 radical (unpaired) electrons. The van der Waals surface area contributed by atoms with Crippen molar-refractivity contribution in [3.8, 4) is 0 Å². The molecular formula is C14H21BrN2O. The van der Waals surface area contributed by atoms with Crippen LogP contribution in [0.2, 0.25) is 0 Å². The SMILES string of the molecule is Cc1ccc(Br)cc1CN(C)C(=O)C(C)CCN. The van der Waals surface area contributed by atoms with Crippen LogP contribution < -0.4 is 5.73 Å². The Bertz CT molecular complexity index is 420. The van der Waals surface area contributed by atoms with Crippen molar-refractivity contribution in [2.75, 3.05) is 13.6 Å². The van der Waals surface area contributed by atoms with E-state index in [1.54, 1.807) is 4.90 Å². The minimum Gasteiger partial charge on any atom is -0.341 e. The molecule has 18 heavy (non-hydrogen) atoms. The van der Waals surface area contributed by atoms with Crippen LogP contribution in [0.4, 0.5) is 0 Å². The zero-order chi connectivity index (χ0) is 13.7. The third-order valence-corrected chi connectivity index (χ3v) is 3.61. The van der Waals surface area contributed by atoms with E-state index in [1.165, 1.54) is 11.1 Å². The van der Waals surface area contributed by atoms with E-state index in [2.05, 4.69) is 35.0 Å². The van der Waals surface area contributed by atoms with Crippen molar-refractivity contribution < 1.29 is 4.79 Å². The van der Waals surface area contributed by atoms with Crippen LogP contribution in [0.1, 0.15) is 24.5 Å². The lowest BCUT2D eigenvalue weighted by Gasteiger charge is -2.22. The molecule has 0 aliphatic carbocycles. The van der Waals surface area contributed by atoms with Crippen LogP contribution in [0.3, 0.4) is 0 Å². The Kier molecular flexibility index (Phi) is 5.82. The molecule has 0 saturated carbocycles. The number of benzene rings is 1. The first kappa shape index (κ1) is 15.2. The molecular weight excluding hydrogens is 292 g/mol. The second-order valence-corrected chi connectivity index (χ2v) is 5.66. The summed E-state index contributed by atoms with van der Waals surface area (Å²) in [4.78, 5) is 13.9. The molecule has 1 rings (SSSR count). The van der Waals surface area contributed by atoms with Gasteiger partial charge in [-0.15, -0.1) is 0 Å². The normalized spacial score (nSPS) is 12.3. The highest BCUT2D eigenvalue weighted by Crippen LogP contribution is 2.18.